The highest BCUT2D eigenvalue weighted by atomic mass is 35.5. The van der Waals surface area contributed by atoms with Crippen LogP contribution in [0.4, 0.5) is 0 Å². The van der Waals surface area contributed by atoms with Crippen molar-refractivity contribution in [3.05, 3.63) is 29.3 Å². The summed E-state index contributed by atoms with van der Waals surface area (Å²) in [6.07, 6.45) is 4.47. The lowest BCUT2D eigenvalue weighted by Gasteiger charge is -2.28. The minimum atomic E-state index is -0.215. The molecule has 1 saturated carbocycles. The fraction of sp³-hybridized carbons (Fsp3) is 0.444. The molecule has 0 radical (unpaired) electrons. The van der Waals surface area contributed by atoms with E-state index in [0.717, 1.165) is 53.4 Å². The Bertz CT molecular complexity index is 794. The van der Waals surface area contributed by atoms with Crippen molar-refractivity contribution < 1.29 is 14.3 Å². The van der Waals surface area contributed by atoms with Gasteiger partial charge in [0.2, 0.25) is 12.7 Å². The maximum absolute atomic E-state index is 12.4. The van der Waals surface area contributed by atoms with Gasteiger partial charge in [-0.1, -0.05) is 12.8 Å². The fourth-order valence-corrected chi connectivity index (χ4v) is 4.30. The molecule has 0 spiro atoms. The Labute approximate surface area is 174 Å². The van der Waals surface area contributed by atoms with E-state index in [9.17, 15) is 4.79 Å². The molecule has 6 nitrogen and oxygen atoms in total. The lowest BCUT2D eigenvalue weighted by atomic mass is 9.97. The summed E-state index contributed by atoms with van der Waals surface area (Å²) in [5.41, 5.74) is 7.42. The van der Waals surface area contributed by atoms with Gasteiger partial charge in [-0.15, -0.1) is 36.2 Å². The third-order valence-electron chi connectivity index (χ3n) is 4.87. The molecule has 1 aliphatic heterocycles. The smallest absolute Gasteiger partial charge is 0.231 e. The van der Waals surface area contributed by atoms with Gasteiger partial charge in [0.25, 0.3) is 0 Å². The average Bonchev–Trinajstić information content (AvgIpc) is 3.34. The molecule has 148 valence electrons. The van der Waals surface area contributed by atoms with Crippen LogP contribution < -0.4 is 20.5 Å². The number of carbonyl (C=O) groups excluding carboxylic acids is 1. The largest absolute Gasteiger partial charge is 0.454 e. The minimum absolute atomic E-state index is 0. The summed E-state index contributed by atoms with van der Waals surface area (Å²) in [4.78, 5) is 17.0. The predicted octanol–water partition coefficient (Wildman–Crippen LogP) is 3.31. The van der Waals surface area contributed by atoms with Crippen LogP contribution in [0, 0.1) is 0 Å². The molecule has 0 bridgehead atoms. The number of aromatic nitrogens is 1. The topological polar surface area (TPSA) is 86.5 Å². The molecule has 1 aliphatic carbocycles. The van der Waals surface area contributed by atoms with E-state index in [2.05, 4.69) is 10.3 Å². The number of ether oxygens (including phenoxy) is 2. The van der Waals surface area contributed by atoms with Gasteiger partial charge in [0.05, 0.1) is 17.7 Å². The quantitative estimate of drug-likeness (QED) is 0.757. The molecule has 3 N–H and O–H groups in total. The summed E-state index contributed by atoms with van der Waals surface area (Å²) in [6, 6.07) is 5.77. The van der Waals surface area contributed by atoms with Crippen LogP contribution in [-0.4, -0.2) is 29.8 Å². The summed E-state index contributed by atoms with van der Waals surface area (Å²) in [7, 11) is 0. The zero-order valence-electron chi connectivity index (χ0n) is 14.7. The van der Waals surface area contributed by atoms with Crippen LogP contribution in [0.3, 0.4) is 0 Å². The van der Waals surface area contributed by atoms with E-state index in [1.54, 1.807) is 0 Å². The molecule has 9 heteroatoms. The van der Waals surface area contributed by atoms with Crippen molar-refractivity contribution >= 4 is 42.1 Å². The van der Waals surface area contributed by atoms with Crippen molar-refractivity contribution in [1.29, 1.82) is 0 Å². The third kappa shape index (κ3) is 4.66. The lowest BCUT2D eigenvalue weighted by Crippen LogP contribution is -2.52. The summed E-state index contributed by atoms with van der Waals surface area (Å²) in [6.45, 7) is 0.753. The molecule has 1 aromatic heterocycles. The molecule has 0 saturated heterocycles. The standard InChI is InChI=1S/C18H21N3O3S.2ClH/c19-10-18(5-1-2-6-18)21-16(22)8-13-9-25-17(20-13)12-3-4-14-15(7-12)24-11-23-14;;/h3-4,7,9H,1-2,5-6,8,10-11,19H2,(H,21,22);2*1H. The van der Waals surface area contributed by atoms with Crippen molar-refractivity contribution in [3.63, 3.8) is 0 Å². The Morgan fingerprint density at radius 2 is 1.96 bits per heavy atom. The molecular weight excluding hydrogens is 409 g/mol. The third-order valence-corrected chi connectivity index (χ3v) is 5.81. The zero-order chi connectivity index (χ0) is 17.3. The van der Waals surface area contributed by atoms with Crippen LogP contribution in [0.25, 0.3) is 10.6 Å². The summed E-state index contributed by atoms with van der Waals surface area (Å²) < 4.78 is 10.7. The normalized spacial score (nSPS) is 16.3. The van der Waals surface area contributed by atoms with Crippen molar-refractivity contribution in [2.24, 2.45) is 5.73 Å². The maximum atomic E-state index is 12.4. The Kier molecular flexibility index (Phi) is 7.33. The van der Waals surface area contributed by atoms with Gasteiger partial charge in [0, 0.05) is 17.5 Å². The van der Waals surface area contributed by atoms with Crippen LogP contribution in [0.15, 0.2) is 23.6 Å². The Hall–Kier alpha value is -1.54. The predicted molar refractivity (Wildman–Crippen MR) is 110 cm³/mol. The van der Waals surface area contributed by atoms with Gasteiger partial charge in [-0.25, -0.2) is 4.98 Å². The first-order valence-corrected chi connectivity index (χ1v) is 9.41. The van der Waals surface area contributed by atoms with Gasteiger partial charge in [-0.2, -0.15) is 0 Å². The number of halogens is 2. The van der Waals surface area contributed by atoms with E-state index in [4.69, 9.17) is 15.2 Å². The molecule has 0 atom stereocenters. The van der Waals surface area contributed by atoms with Crippen LogP contribution >= 0.6 is 36.2 Å². The van der Waals surface area contributed by atoms with E-state index < -0.39 is 0 Å². The Morgan fingerprint density at radius 3 is 2.70 bits per heavy atom. The number of thiazole rings is 1. The highest BCUT2D eigenvalue weighted by Crippen LogP contribution is 2.36. The number of nitrogens with zero attached hydrogens (tertiary/aromatic N) is 1. The molecule has 1 fully saturated rings. The molecular formula is C18H23Cl2N3O3S. The first-order chi connectivity index (χ1) is 12.2. The molecule has 1 aromatic carbocycles. The number of nitrogens with one attached hydrogen (secondary N) is 1. The number of amides is 1. The van der Waals surface area contributed by atoms with Gasteiger partial charge in [0.1, 0.15) is 5.01 Å². The van der Waals surface area contributed by atoms with Crippen LogP contribution in [0.1, 0.15) is 31.4 Å². The second kappa shape index (κ2) is 9.10. The number of fused-ring (bicyclic) bond motifs is 1. The summed E-state index contributed by atoms with van der Waals surface area (Å²) >= 11 is 1.53. The second-order valence-electron chi connectivity index (χ2n) is 6.63. The zero-order valence-corrected chi connectivity index (χ0v) is 17.2. The van der Waals surface area contributed by atoms with E-state index in [-0.39, 0.29) is 49.5 Å². The van der Waals surface area contributed by atoms with Gasteiger partial charge < -0.3 is 20.5 Å². The van der Waals surface area contributed by atoms with Crippen molar-refractivity contribution in [2.45, 2.75) is 37.6 Å². The van der Waals surface area contributed by atoms with Crippen LogP contribution in [0.5, 0.6) is 11.5 Å². The van der Waals surface area contributed by atoms with E-state index in [0.29, 0.717) is 6.54 Å². The number of hydrogen-bond donors (Lipinski definition) is 2. The van der Waals surface area contributed by atoms with Gasteiger partial charge in [-0.3, -0.25) is 4.79 Å². The molecule has 4 rings (SSSR count). The molecule has 2 heterocycles. The molecule has 27 heavy (non-hydrogen) atoms. The highest BCUT2D eigenvalue weighted by Gasteiger charge is 2.33. The van der Waals surface area contributed by atoms with E-state index in [1.807, 2.05) is 23.6 Å². The maximum Gasteiger partial charge on any atom is 0.231 e. The Morgan fingerprint density at radius 1 is 1.22 bits per heavy atom. The molecule has 2 aromatic rings. The molecule has 1 amide bonds. The van der Waals surface area contributed by atoms with Crippen molar-refractivity contribution in [3.8, 4) is 22.1 Å². The lowest BCUT2D eigenvalue weighted by molar-refractivity contribution is -0.122. The van der Waals surface area contributed by atoms with Crippen molar-refractivity contribution in [1.82, 2.24) is 10.3 Å². The van der Waals surface area contributed by atoms with Crippen LogP contribution in [-0.2, 0) is 11.2 Å². The van der Waals surface area contributed by atoms with Gasteiger partial charge in [-0.05, 0) is 31.0 Å². The first kappa shape index (κ1) is 21.8. The fourth-order valence-electron chi connectivity index (χ4n) is 3.49. The van der Waals surface area contributed by atoms with Gasteiger partial charge >= 0.3 is 0 Å². The Balaban J connectivity index is 0.00000131. The van der Waals surface area contributed by atoms with E-state index >= 15 is 0 Å². The monoisotopic (exact) mass is 431 g/mol. The highest BCUT2D eigenvalue weighted by molar-refractivity contribution is 7.13. The minimum Gasteiger partial charge on any atom is -0.454 e. The number of rotatable bonds is 5. The average molecular weight is 432 g/mol. The van der Waals surface area contributed by atoms with Crippen LogP contribution in [0.2, 0.25) is 0 Å². The molecule has 0 unspecified atom stereocenters. The number of nitrogens with two attached hydrogens (primary N) is 1. The summed E-state index contributed by atoms with van der Waals surface area (Å²) in [5.74, 6) is 1.48. The molecule has 2 aliphatic rings. The van der Waals surface area contributed by atoms with Crippen molar-refractivity contribution in [2.75, 3.05) is 13.3 Å². The SMILES string of the molecule is Cl.Cl.NCC1(NC(=O)Cc2csc(-c3ccc4c(c3)OCO4)n2)CCCC1. The first-order valence-electron chi connectivity index (χ1n) is 8.53. The number of hydrogen-bond acceptors (Lipinski definition) is 6. The second-order valence-corrected chi connectivity index (χ2v) is 7.49. The van der Waals surface area contributed by atoms with Gasteiger partial charge in [0.15, 0.2) is 11.5 Å². The number of benzene rings is 1. The number of carbonyl (C=O) groups is 1. The summed E-state index contributed by atoms with van der Waals surface area (Å²) in [5, 5.41) is 5.94. The van der Waals surface area contributed by atoms with E-state index in [1.165, 1.54) is 11.3 Å².